The Bertz CT molecular complexity index is 887. The minimum absolute atomic E-state index is 0.0771. The Morgan fingerprint density at radius 2 is 1.88 bits per heavy atom. The van der Waals surface area contributed by atoms with E-state index in [1.807, 2.05) is 13.8 Å². The molecule has 0 fully saturated rings. The molecule has 0 saturated carbocycles. The first-order chi connectivity index (χ1) is 12.3. The minimum Gasteiger partial charge on any atom is -0.480 e. The maximum Gasteiger partial charge on any atom is 0.349 e. The number of rotatable bonds is 7. The average molecular weight is 360 g/mol. The maximum absolute atomic E-state index is 12.1. The third-order valence-electron chi connectivity index (χ3n) is 3.64. The van der Waals surface area contributed by atoms with E-state index in [0.717, 1.165) is 0 Å². The minimum atomic E-state index is -1.14. The molecule has 0 spiro atoms. The van der Waals surface area contributed by atoms with Crippen LogP contribution in [-0.2, 0) is 9.59 Å². The highest BCUT2D eigenvalue weighted by Gasteiger charge is 2.21. The summed E-state index contributed by atoms with van der Waals surface area (Å²) in [4.78, 5) is 47.1. The number of aliphatic carboxylic acids is 1. The fraction of sp³-hybridized carbons (Fsp3) is 0.333. The molecule has 0 aliphatic carbocycles. The molecule has 8 nitrogen and oxygen atoms in total. The number of carboxylic acid groups (broad SMARTS) is 1. The first kappa shape index (κ1) is 19.2. The molecule has 0 bridgehead atoms. The molecule has 0 saturated heterocycles. The van der Waals surface area contributed by atoms with E-state index in [9.17, 15) is 19.2 Å². The predicted molar refractivity (Wildman–Crippen MR) is 93.8 cm³/mol. The molecule has 3 N–H and O–H groups in total. The van der Waals surface area contributed by atoms with Gasteiger partial charge in [-0.1, -0.05) is 32.0 Å². The summed E-state index contributed by atoms with van der Waals surface area (Å²) in [7, 11) is 0. The molecule has 26 heavy (non-hydrogen) atoms. The van der Waals surface area contributed by atoms with E-state index in [2.05, 4.69) is 10.6 Å². The number of hydrogen-bond donors (Lipinski definition) is 3. The van der Waals surface area contributed by atoms with Gasteiger partial charge in [0.15, 0.2) is 0 Å². The van der Waals surface area contributed by atoms with Crippen molar-refractivity contribution in [3.63, 3.8) is 0 Å². The summed E-state index contributed by atoms with van der Waals surface area (Å²) >= 11 is 0. The van der Waals surface area contributed by atoms with Crippen LogP contribution in [0.15, 0.2) is 39.5 Å². The van der Waals surface area contributed by atoms with Crippen LogP contribution in [0.2, 0.25) is 0 Å². The molecule has 1 aromatic heterocycles. The monoisotopic (exact) mass is 360 g/mol. The van der Waals surface area contributed by atoms with Crippen LogP contribution in [0.1, 0.15) is 30.6 Å². The van der Waals surface area contributed by atoms with E-state index in [4.69, 9.17) is 9.52 Å². The lowest BCUT2D eigenvalue weighted by Crippen LogP contribution is -2.46. The van der Waals surface area contributed by atoms with Crippen LogP contribution in [-0.4, -0.2) is 35.5 Å². The van der Waals surface area contributed by atoms with E-state index < -0.39 is 36.0 Å². The Morgan fingerprint density at radius 1 is 1.19 bits per heavy atom. The number of carbonyl (C=O) groups excluding carboxylic acids is 2. The fourth-order valence-corrected chi connectivity index (χ4v) is 2.41. The summed E-state index contributed by atoms with van der Waals surface area (Å²) in [6.07, 6.45) is 0.267. The molecule has 2 amide bonds. The van der Waals surface area contributed by atoms with Crippen molar-refractivity contribution in [1.82, 2.24) is 10.6 Å². The van der Waals surface area contributed by atoms with Gasteiger partial charge in [0.1, 0.15) is 17.2 Å². The first-order valence-electron chi connectivity index (χ1n) is 8.11. The predicted octanol–water partition coefficient (Wildman–Crippen LogP) is 1.14. The summed E-state index contributed by atoms with van der Waals surface area (Å²) in [5, 5.41) is 14.3. The second-order valence-electron chi connectivity index (χ2n) is 6.26. The van der Waals surface area contributed by atoms with Crippen LogP contribution in [0.25, 0.3) is 11.0 Å². The summed E-state index contributed by atoms with van der Waals surface area (Å²) in [5.41, 5.74) is -0.692. The van der Waals surface area contributed by atoms with Crippen molar-refractivity contribution in [1.29, 1.82) is 0 Å². The van der Waals surface area contributed by atoms with Crippen molar-refractivity contribution < 1.29 is 23.9 Å². The Labute approximate surface area is 149 Å². The van der Waals surface area contributed by atoms with E-state index in [0.29, 0.717) is 11.0 Å². The third-order valence-corrected chi connectivity index (χ3v) is 3.64. The van der Waals surface area contributed by atoms with Crippen LogP contribution < -0.4 is 16.3 Å². The Balaban J connectivity index is 2.02. The van der Waals surface area contributed by atoms with Crippen LogP contribution >= 0.6 is 0 Å². The lowest BCUT2D eigenvalue weighted by molar-refractivity contribution is -0.142. The SMILES string of the molecule is CC(C)C[C@H](NC(=O)CNC(=O)c1cc2ccccc2oc1=O)C(=O)O. The standard InChI is InChI=1S/C18H20N2O6/c1-10(2)7-13(17(23)24)20-15(21)9-19-16(22)12-8-11-5-3-4-6-14(11)26-18(12)25/h3-6,8,10,13H,7,9H2,1-2H3,(H,19,22)(H,20,21)(H,23,24)/t13-/m0/s1. The molecule has 138 valence electrons. The van der Waals surface area contributed by atoms with Crippen LogP contribution in [0.5, 0.6) is 0 Å². The number of hydrogen-bond acceptors (Lipinski definition) is 5. The molecule has 0 aliphatic rings. The van der Waals surface area contributed by atoms with Crippen molar-refractivity contribution in [2.75, 3.05) is 6.54 Å². The van der Waals surface area contributed by atoms with E-state index in [1.54, 1.807) is 24.3 Å². The first-order valence-corrected chi connectivity index (χ1v) is 8.11. The zero-order chi connectivity index (χ0) is 19.3. The summed E-state index contributed by atoms with van der Waals surface area (Å²) in [5.74, 6) is -2.49. The number of para-hydroxylation sites is 1. The van der Waals surface area contributed by atoms with Gasteiger partial charge in [0.05, 0.1) is 6.54 Å². The molecule has 2 aromatic rings. The third kappa shape index (κ3) is 4.92. The van der Waals surface area contributed by atoms with Crippen molar-refractivity contribution in [2.24, 2.45) is 5.92 Å². The topological polar surface area (TPSA) is 126 Å². The number of nitrogens with one attached hydrogen (secondary N) is 2. The molecule has 0 aliphatic heterocycles. The molecule has 0 unspecified atom stereocenters. The Hall–Kier alpha value is -3.16. The summed E-state index contributed by atoms with van der Waals surface area (Å²) < 4.78 is 5.07. The highest BCUT2D eigenvalue weighted by atomic mass is 16.4. The summed E-state index contributed by atoms with van der Waals surface area (Å²) in [6.45, 7) is 3.22. The van der Waals surface area contributed by atoms with Gasteiger partial charge in [-0.25, -0.2) is 9.59 Å². The van der Waals surface area contributed by atoms with Crippen LogP contribution in [0.3, 0.4) is 0 Å². The maximum atomic E-state index is 12.1. The molecule has 0 radical (unpaired) electrons. The van der Waals surface area contributed by atoms with Gasteiger partial charge < -0.3 is 20.2 Å². The molecule has 1 heterocycles. The highest BCUT2D eigenvalue weighted by molar-refractivity contribution is 5.98. The molecule has 8 heteroatoms. The summed E-state index contributed by atoms with van der Waals surface area (Å²) in [6, 6.07) is 7.07. The normalized spacial score (nSPS) is 12.0. The quantitative estimate of drug-likeness (QED) is 0.636. The molecule has 1 atom stereocenters. The highest BCUT2D eigenvalue weighted by Crippen LogP contribution is 2.12. The average Bonchev–Trinajstić information content (AvgIpc) is 2.58. The Morgan fingerprint density at radius 3 is 2.54 bits per heavy atom. The largest absolute Gasteiger partial charge is 0.480 e. The number of benzene rings is 1. The van der Waals surface area contributed by atoms with E-state index >= 15 is 0 Å². The zero-order valence-corrected chi connectivity index (χ0v) is 14.4. The van der Waals surface area contributed by atoms with Crippen molar-refractivity contribution in [3.05, 3.63) is 46.3 Å². The van der Waals surface area contributed by atoms with Gasteiger partial charge >= 0.3 is 11.6 Å². The number of carboxylic acids is 1. The van der Waals surface area contributed by atoms with Gasteiger partial charge in [0, 0.05) is 5.39 Å². The van der Waals surface area contributed by atoms with Gasteiger partial charge in [0.25, 0.3) is 5.91 Å². The molecule has 2 rings (SSSR count). The molecular formula is C18H20N2O6. The van der Waals surface area contributed by atoms with Crippen molar-refractivity contribution in [2.45, 2.75) is 26.3 Å². The van der Waals surface area contributed by atoms with Gasteiger partial charge in [-0.2, -0.15) is 0 Å². The lowest BCUT2D eigenvalue weighted by atomic mass is 10.0. The van der Waals surface area contributed by atoms with Gasteiger partial charge in [-0.05, 0) is 24.5 Å². The van der Waals surface area contributed by atoms with E-state index in [-0.39, 0.29) is 17.9 Å². The second kappa shape index (κ2) is 8.28. The van der Waals surface area contributed by atoms with E-state index in [1.165, 1.54) is 6.07 Å². The number of amides is 2. The van der Waals surface area contributed by atoms with Gasteiger partial charge in [-0.3, -0.25) is 9.59 Å². The Kier molecular flexibility index (Phi) is 6.11. The van der Waals surface area contributed by atoms with Gasteiger partial charge in [-0.15, -0.1) is 0 Å². The van der Waals surface area contributed by atoms with Crippen LogP contribution in [0, 0.1) is 5.92 Å². The zero-order valence-electron chi connectivity index (χ0n) is 14.4. The van der Waals surface area contributed by atoms with Crippen molar-refractivity contribution >= 4 is 28.8 Å². The number of fused-ring (bicyclic) bond motifs is 1. The van der Waals surface area contributed by atoms with Gasteiger partial charge in [0.2, 0.25) is 5.91 Å². The number of carbonyl (C=O) groups is 3. The lowest BCUT2D eigenvalue weighted by Gasteiger charge is -2.16. The van der Waals surface area contributed by atoms with Crippen molar-refractivity contribution in [3.8, 4) is 0 Å². The molecular weight excluding hydrogens is 340 g/mol. The molecule has 1 aromatic carbocycles. The fourth-order valence-electron chi connectivity index (χ4n) is 2.41. The smallest absolute Gasteiger partial charge is 0.349 e. The second-order valence-corrected chi connectivity index (χ2v) is 6.26. The van der Waals surface area contributed by atoms with Crippen LogP contribution in [0.4, 0.5) is 0 Å².